The molecule has 1 N–H and O–H groups in total. The maximum absolute atomic E-state index is 4.58. The molecule has 0 aromatic carbocycles. The minimum atomic E-state index is 0.444. The van der Waals surface area contributed by atoms with Crippen molar-refractivity contribution in [2.24, 2.45) is 0 Å². The molecular formula is C11H15N3S2. The monoisotopic (exact) mass is 253 g/mol. The summed E-state index contributed by atoms with van der Waals surface area (Å²) in [7, 11) is 1.89. The zero-order valence-electron chi connectivity index (χ0n) is 9.87. The predicted octanol–water partition coefficient (Wildman–Crippen LogP) is 3.74. The van der Waals surface area contributed by atoms with Crippen molar-refractivity contribution in [3.05, 3.63) is 16.1 Å². The number of anilines is 1. The van der Waals surface area contributed by atoms with Crippen LogP contribution in [0, 0.1) is 6.92 Å². The van der Waals surface area contributed by atoms with Crippen LogP contribution in [0.5, 0.6) is 0 Å². The quantitative estimate of drug-likeness (QED) is 0.905. The smallest absolute Gasteiger partial charge is 0.182 e. The zero-order valence-corrected chi connectivity index (χ0v) is 11.5. The van der Waals surface area contributed by atoms with Crippen LogP contribution in [-0.4, -0.2) is 17.0 Å². The predicted molar refractivity (Wildman–Crippen MR) is 71.6 cm³/mol. The summed E-state index contributed by atoms with van der Waals surface area (Å²) in [5.74, 6) is 0.444. The average Bonchev–Trinajstić information content (AvgIpc) is 2.82. The van der Waals surface area contributed by atoms with Gasteiger partial charge in [0.25, 0.3) is 0 Å². The highest BCUT2D eigenvalue weighted by Crippen LogP contribution is 2.35. The molecule has 0 aliphatic carbocycles. The van der Waals surface area contributed by atoms with Crippen LogP contribution in [0.1, 0.15) is 30.5 Å². The van der Waals surface area contributed by atoms with Crippen molar-refractivity contribution >= 4 is 27.8 Å². The largest absolute Gasteiger partial charge is 0.365 e. The number of rotatable bonds is 3. The lowest BCUT2D eigenvalue weighted by atomic mass is 10.1. The fourth-order valence-corrected chi connectivity index (χ4v) is 3.28. The minimum absolute atomic E-state index is 0.444. The SMILES string of the molecule is CNc1nc(-c2sc(C)nc2C(C)C)cs1. The van der Waals surface area contributed by atoms with E-state index >= 15 is 0 Å². The van der Waals surface area contributed by atoms with Gasteiger partial charge in [-0.25, -0.2) is 9.97 Å². The van der Waals surface area contributed by atoms with E-state index in [1.54, 1.807) is 22.7 Å². The molecule has 0 amide bonds. The van der Waals surface area contributed by atoms with Crippen molar-refractivity contribution in [2.75, 3.05) is 12.4 Å². The second-order valence-corrected chi connectivity index (χ2v) is 5.95. The van der Waals surface area contributed by atoms with Crippen molar-refractivity contribution in [1.29, 1.82) is 0 Å². The topological polar surface area (TPSA) is 37.8 Å². The molecule has 2 aromatic rings. The first-order valence-corrected chi connectivity index (χ1v) is 6.92. The van der Waals surface area contributed by atoms with E-state index in [1.165, 1.54) is 4.88 Å². The van der Waals surface area contributed by atoms with Crippen LogP contribution in [0.25, 0.3) is 10.6 Å². The molecule has 86 valence electrons. The van der Waals surface area contributed by atoms with Crippen molar-refractivity contribution in [3.63, 3.8) is 0 Å². The normalized spacial score (nSPS) is 11.1. The number of hydrogen-bond acceptors (Lipinski definition) is 5. The van der Waals surface area contributed by atoms with Crippen LogP contribution >= 0.6 is 22.7 Å². The standard InChI is InChI=1S/C11H15N3S2/c1-6(2)9-10(16-7(3)13-9)8-5-15-11(12-4)14-8/h5-6H,1-4H3,(H,12,14). The van der Waals surface area contributed by atoms with Crippen LogP contribution in [-0.2, 0) is 0 Å². The van der Waals surface area contributed by atoms with Crippen molar-refractivity contribution < 1.29 is 0 Å². The molecule has 0 fully saturated rings. The molecule has 3 nitrogen and oxygen atoms in total. The maximum atomic E-state index is 4.58. The molecule has 2 heterocycles. The molecule has 2 rings (SSSR count). The Balaban J connectivity index is 2.46. The molecule has 0 atom stereocenters. The summed E-state index contributed by atoms with van der Waals surface area (Å²) >= 11 is 3.36. The lowest BCUT2D eigenvalue weighted by Crippen LogP contribution is -1.91. The van der Waals surface area contributed by atoms with E-state index in [2.05, 4.69) is 34.5 Å². The highest BCUT2D eigenvalue weighted by atomic mass is 32.1. The Bertz CT molecular complexity index is 485. The molecule has 2 aromatic heterocycles. The lowest BCUT2D eigenvalue weighted by Gasteiger charge is -2.02. The van der Waals surface area contributed by atoms with E-state index in [9.17, 15) is 0 Å². The molecule has 0 aliphatic heterocycles. The van der Waals surface area contributed by atoms with E-state index in [4.69, 9.17) is 0 Å². The average molecular weight is 253 g/mol. The van der Waals surface area contributed by atoms with Gasteiger partial charge >= 0.3 is 0 Å². The number of hydrogen-bond donors (Lipinski definition) is 1. The zero-order chi connectivity index (χ0) is 11.7. The van der Waals surface area contributed by atoms with E-state index in [-0.39, 0.29) is 0 Å². The Morgan fingerprint density at radius 2 is 2.06 bits per heavy atom. The van der Waals surface area contributed by atoms with E-state index in [1.807, 2.05) is 14.0 Å². The molecule has 0 radical (unpaired) electrons. The first-order chi connectivity index (χ1) is 7.61. The number of nitrogens with one attached hydrogen (secondary N) is 1. The maximum Gasteiger partial charge on any atom is 0.182 e. The molecule has 0 bridgehead atoms. The third-order valence-electron chi connectivity index (χ3n) is 2.26. The highest BCUT2D eigenvalue weighted by molar-refractivity contribution is 7.16. The van der Waals surface area contributed by atoms with Gasteiger partial charge < -0.3 is 5.32 Å². The molecule has 0 spiro atoms. The van der Waals surface area contributed by atoms with Gasteiger partial charge in [0, 0.05) is 12.4 Å². The van der Waals surface area contributed by atoms with Crippen LogP contribution in [0.4, 0.5) is 5.13 Å². The van der Waals surface area contributed by atoms with Crippen LogP contribution in [0.15, 0.2) is 5.38 Å². The lowest BCUT2D eigenvalue weighted by molar-refractivity contribution is 0.830. The molecular weight excluding hydrogens is 238 g/mol. The van der Waals surface area contributed by atoms with E-state index in [0.29, 0.717) is 5.92 Å². The highest BCUT2D eigenvalue weighted by Gasteiger charge is 2.16. The third-order valence-corrected chi connectivity index (χ3v) is 4.13. The number of thiazole rings is 2. The van der Waals surface area contributed by atoms with Gasteiger partial charge in [-0.1, -0.05) is 13.8 Å². The summed E-state index contributed by atoms with van der Waals surface area (Å²) in [5.41, 5.74) is 2.21. The van der Waals surface area contributed by atoms with Gasteiger partial charge in [-0.05, 0) is 12.8 Å². The molecule has 0 saturated heterocycles. The van der Waals surface area contributed by atoms with Gasteiger partial charge in [-0.15, -0.1) is 22.7 Å². The van der Waals surface area contributed by atoms with Gasteiger partial charge in [0.05, 0.1) is 21.3 Å². The Kier molecular flexibility index (Phi) is 3.25. The minimum Gasteiger partial charge on any atom is -0.365 e. The summed E-state index contributed by atoms with van der Waals surface area (Å²) in [6.45, 7) is 6.39. The fraction of sp³-hybridized carbons (Fsp3) is 0.455. The van der Waals surface area contributed by atoms with Crippen molar-refractivity contribution in [2.45, 2.75) is 26.7 Å². The Morgan fingerprint density at radius 1 is 1.31 bits per heavy atom. The number of aryl methyl sites for hydroxylation is 1. The van der Waals surface area contributed by atoms with Crippen LogP contribution < -0.4 is 5.32 Å². The van der Waals surface area contributed by atoms with Gasteiger partial charge in [0.2, 0.25) is 0 Å². The Morgan fingerprint density at radius 3 is 2.62 bits per heavy atom. The molecule has 16 heavy (non-hydrogen) atoms. The number of nitrogens with zero attached hydrogens (tertiary/aromatic N) is 2. The summed E-state index contributed by atoms with van der Waals surface area (Å²) in [6.07, 6.45) is 0. The Labute approximate surface area is 104 Å². The van der Waals surface area contributed by atoms with E-state index < -0.39 is 0 Å². The summed E-state index contributed by atoms with van der Waals surface area (Å²) in [4.78, 5) is 10.3. The van der Waals surface area contributed by atoms with Crippen molar-refractivity contribution in [3.8, 4) is 10.6 Å². The fourth-order valence-electron chi connectivity index (χ4n) is 1.51. The van der Waals surface area contributed by atoms with Crippen LogP contribution in [0.3, 0.4) is 0 Å². The van der Waals surface area contributed by atoms with Gasteiger partial charge in [0.15, 0.2) is 5.13 Å². The van der Waals surface area contributed by atoms with Gasteiger partial charge in [-0.3, -0.25) is 0 Å². The van der Waals surface area contributed by atoms with Gasteiger partial charge in [0.1, 0.15) is 0 Å². The first-order valence-electron chi connectivity index (χ1n) is 5.22. The molecule has 0 unspecified atom stereocenters. The van der Waals surface area contributed by atoms with E-state index in [0.717, 1.165) is 21.5 Å². The second kappa shape index (κ2) is 4.51. The molecule has 0 saturated carbocycles. The summed E-state index contributed by atoms with van der Waals surface area (Å²) in [6, 6.07) is 0. The third kappa shape index (κ3) is 2.10. The summed E-state index contributed by atoms with van der Waals surface area (Å²) in [5, 5.41) is 7.22. The number of aromatic nitrogens is 2. The molecule has 0 aliphatic rings. The van der Waals surface area contributed by atoms with Gasteiger partial charge in [-0.2, -0.15) is 0 Å². The molecule has 5 heteroatoms. The first kappa shape index (κ1) is 11.5. The summed E-state index contributed by atoms with van der Waals surface area (Å²) < 4.78 is 0. The second-order valence-electron chi connectivity index (χ2n) is 3.89. The van der Waals surface area contributed by atoms with Crippen molar-refractivity contribution in [1.82, 2.24) is 9.97 Å². The Hall–Kier alpha value is -0.940. The van der Waals surface area contributed by atoms with Crippen LogP contribution in [0.2, 0.25) is 0 Å².